The molecule has 0 spiro atoms. The van der Waals surface area contributed by atoms with Gasteiger partial charge >= 0.3 is 0 Å². The van der Waals surface area contributed by atoms with Crippen molar-refractivity contribution in [1.82, 2.24) is 19.5 Å². The summed E-state index contributed by atoms with van der Waals surface area (Å²) in [6.07, 6.45) is 5.68. The smallest absolute Gasteiger partial charge is 0.252 e. The third-order valence-electron chi connectivity index (χ3n) is 4.23. The molecule has 0 aliphatic heterocycles. The number of pyridine rings is 1. The summed E-state index contributed by atoms with van der Waals surface area (Å²) >= 11 is 1.43. The number of rotatable bonds is 5. The Hall–Kier alpha value is -3.38. The zero-order valence-corrected chi connectivity index (χ0v) is 16.1. The van der Waals surface area contributed by atoms with E-state index in [2.05, 4.69) is 10.3 Å². The van der Waals surface area contributed by atoms with E-state index in [4.69, 9.17) is 5.10 Å². The lowest BCUT2D eigenvalue weighted by Crippen LogP contribution is -2.18. The maximum Gasteiger partial charge on any atom is 0.252 e. The number of para-hydroxylation sites is 1. The normalized spacial score (nSPS) is 11.2. The van der Waals surface area contributed by atoms with Gasteiger partial charge in [0.05, 0.1) is 22.5 Å². The molecule has 0 saturated heterocycles. The van der Waals surface area contributed by atoms with E-state index in [0.717, 1.165) is 27.2 Å². The Morgan fingerprint density at radius 2 is 1.79 bits per heavy atom. The van der Waals surface area contributed by atoms with Gasteiger partial charge in [0.25, 0.3) is 5.91 Å². The van der Waals surface area contributed by atoms with E-state index in [0.29, 0.717) is 5.56 Å². The van der Waals surface area contributed by atoms with Crippen LogP contribution in [0.25, 0.3) is 23.1 Å². The lowest BCUT2D eigenvalue weighted by Gasteiger charge is -2.08. The number of fused-ring (bicyclic) bond motifs is 1. The van der Waals surface area contributed by atoms with Crippen LogP contribution in [0.2, 0.25) is 0 Å². The van der Waals surface area contributed by atoms with Crippen molar-refractivity contribution in [3.05, 3.63) is 89.9 Å². The van der Waals surface area contributed by atoms with Gasteiger partial charge in [-0.3, -0.25) is 9.78 Å². The number of carbonyl (C=O) groups is 1. The van der Waals surface area contributed by atoms with Crippen LogP contribution >= 0.6 is 11.9 Å². The highest BCUT2D eigenvalue weighted by Gasteiger charge is 2.14. The standard InChI is InChI=1S/C22H18N4OS/c1-23-22(27)18-10-3-5-12-21(18)28-26-20-11-4-2-9-17(20)19(25-26)14-13-16-8-6-7-15-24-16/h2-15H,1H3,(H,23,27)/b14-13+. The predicted molar refractivity (Wildman–Crippen MR) is 114 cm³/mol. The zero-order valence-electron chi connectivity index (χ0n) is 15.2. The van der Waals surface area contributed by atoms with Gasteiger partial charge in [0, 0.05) is 35.5 Å². The van der Waals surface area contributed by atoms with Crippen molar-refractivity contribution in [3.8, 4) is 0 Å². The summed E-state index contributed by atoms with van der Waals surface area (Å²) in [5.74, 6) is -0.116. The molecule has 2 aromatic heterocycles. The number of benzene rings is 2. The number of amides is 1. The molecule has 6 heteroatoms. The zero-order chi connectivity index (χ0) is 19.3. The first-order valence-electron chi connectivity index (χ1n) is 8.82. The van der Waals surface area contributed by atoms with Crippen molar-refractivity contribution in [2.24, 2.45) is 0 Å². The summed E-state index contributed by atoms with van der Waals surface area (Å²) in [5.41, 5.74) is 3.34. The Labute approximate surface area is 167 Å². The summed E-state index contributed by atoms with van der Waals surface area (Å²) < 4.78 is 1.86. The van der Waals surface area contributed by atoms with Crippen LogP contribution in [0.4, 0.5) is 0 Å². The molecular formula is C22H18N4OS. The van der Waals surface area contributed by atoms with E-state index in [1.165, 1.54) is 11.9 Å². The molecule has 0 saturated carbocycles. The number of nitrogens with zero attached hydrogens (tertiary/aromatic N) is 3. The fourth-order valence-corrected chi connectivity index (χ4v) is 3.83. The number of carbonyl (C=O) groups excluding carboxylic acids is 1. The van der Waals surface area contributed by atoms with E-state index in [1.807, 2.05) is 83.0 Å². The van der Waals surface area contributed by atoms with Crippen molar-refractivity contribution >= 4 is 40.9 Å². The van der Waals surface area contributed by atoms with Crippen molar-refractivity contribution in [3.63, 3.8) is 0 Å². The molecule has 0 unspecified atom stereocenters. The van der Waals surface area contributed by atoms with Crippen LogP contribution < -0.4 is 5.32 Å². The third-order valence-corrected chi connectivity index (χ3v) is 5.23. The highest BCUT2D eigenvalue weighted by Crippen LogP contribution is 2.30. The summed E-state index contributed by atoms with van der Waals surface area (Å²) in [6, 6.07) is 21.4. The average molecular weight is 386 g/mol. The first kappa shape index (κ1) is 18.0. The molecule has 0 fully saturated rings. The van der Waals surface area contributed by atoms with Crippen LogP contribution in [-0.4, -0.2) is 27.1 Å². The largest absolute Gasteiger partial charge is 0.355 e. The van der Waals surface area contributed by atoms with Gasteiger partial charge in [0.2, 0.25) is 0 Å². The fourth-order valence-electron chi connectivity index (χ4n) is 2.86. The molecule has 4 aromatic rings. The predicted octanol–water partition coefficient (Wildman–Crippen LogP) is 4.52. The molecule has 0 bridgehead atoms. The van der Waals surface area contributed by atoms with Crippen molar-refractivity contribution in [1.29, 1.82) is 0 Å². The molecule has 4 rings (SSSR count). The minimum absolute atomic E-state index is 0.116. The molecule has 1 amide bonds. The second-order valence-corrected chi connectivity index (χ2v) is 7.00. The van der Waals surface area contributed by atoms with Crippen LogP contribution in [-0.2, 0) is 0 Å². The van der Waals surface area contributed by atoms with Gasteiger partial charge in [-0.1, -0.05) is 36.4 Å². The molecular weight excluding hydrogens is 368 g/mol. The molecule has 0 aliphatic rings. The first-order valence-corrected chi connectivity index (χ1v) is 9.60. The van der Waals surface area contributed by atoms with E-state index in [-0.39, 0.29) is 5.91 Å². The monoisotopic (exact) mass is 386 g/mol. The molecule has 138 valence electrons. The molecule has 0 radical (unpaired) electrons. The van der Waals surface area contributed by atoms with Gasteiger partial charge in [-0.05, 0) is 42.5 Å². The molecule has 2 aromatic carbocycles. The molecule has 5 nitrogen and oxygen atoms in total. The summed E-state index contributed by atoms with van der Waals surface area (Å²) in [6.45, 7) is 0. The van der Waals surface area contributed by atoms with E-state index < -0.39 is 0 Å². The molecule has 1 N–H and O–H groups in total. The minimum atomic E-state index is -0.116. The van der Waals surface area contributed by atoms with Crippen molar-refractivity contribution in [2.45, 2.75) is 4.90 Å². The van der Waals surface area contributed by atoms with Gasteiger partial charge in [-0.15, -0.1) is 0 Å². The third kappa shape index (κ3) is 3.68. The highest BCUT2D eigenvalue weighted by molar-refractivity contribution is 7.98. The lowest BCUT2D eigenvalue weighted by molar-refractivity contribution is 0.0960. The van der Waals surface area contributed by atoms with Gasteiger partial charge < -0.3 is 5.32 Å². The Balaban J connectivity index is 1.73. The fraction of sp³-hybridized carbons (Fsp3) is 0.0455. The van der Waals surface area contributed by atoms with Crippen LogP contribution in [0, 0.1) is 0 Å². The summed E-state index contributed by atoms with van der Waals surface area (Å²) in [5, 5.41) is 8.49. The number of nitrogens with one attached hydrogen (secondary N) is 1. The number of aromatic nitrogens is 3. The SMILES string of the molecule is CNC(=O)c1ccccc1Sn1nc(/C=C/c2ccccn2)c2ccccc21. The quantitative estimate of drug-likeness (QED) is 0.548. The Kier molecular flexibility index (Phi) is 5.21. The number of hydrogen-bond donors (Lipinski definition) is 1. The lowest BCUT2D eigenvalue weighted by atomic mass is 10.2. The maximum atomic E-state index is 12.2. The topological polar surface area (TPSA) is 59.8 Å². The van der Waals surface area contributed by atoms with Crippen LogP contribution in [0.5, 0.6) is 0 Å². The van der Waals surface area contributed by atoms with Gasteiger partial charge in [-0.25, -0.2) is 4.09 Å². The first-order chi connectivity index (χ1) is 13.8. The molecule has 28 heavy (non-hydrogen) atoms. The number of hydrogen-bond acceptors (Lipinski definition) is 4. The van der Waals surface area contributed by atoms with Gasteiger partial charge in [0.15, 0.2) is 0 Å². The minimum Gasteiger partial charge on any atom is -0.355 e. The average Bonchev–Trinajstić information content (AvgIpc) is 3.10. The summed E-state index contributed by atoms with van der Waals surface area (Å²) in [7, 11) is 1.63. The Morgan fingerprint density at radius 1 is 1.00 bits per heavy atom. The van der Waals surface area contributed by atoms with Crippen molar-refractivity contribution < 1.29 is 4.79 Å². The second-order valence-electron chi connectivity index (χ2n) is 6.03. The van der Waals surface area contributed by atoms with E-state index in [1.54, 1.807) is 13.2 Å². The van der Waals surface area contributed by atoms with Gasteiger partial charge in [0.1, 0.15) is 0 Å². The Bertz CT molecular complexity index is 1150. The van der Waals surface area contributed by atoms with Crippen LogP contribution in [0.15, 0.2) is 77.8 Å². The van der Waals surface area contributed by atoms with Crippen molar-refractivity contribution in [2.75, 3.05) is 7.05 Å². The maximum absolute atomic E-state index is 12.2. The van der Waals surface area contributed by atoms with Crippen LogP contribution in [0.1, 0.15) is 21.7 Å². The molecule has 2 heterocycles. The Morgan fingerprint density at radius 3 is 2.61 bits per heavy atom. The van der Waals surface area contributed by atoms with E-state index in [9.17, 15) is 4.79 Å². The summed E-state index contributed by atoms with van der Waals surface area (Å²) in [4.78, 5) is 17.3. The second kappa shape index (κ2) is 8.10. The van der Waals surface area contributed by atoms with Gasteiger partial charge in [-0.2, -0.15) is 5.10 Å². The molecule has 0 aliphatic carbocycles. The van der Waals surface area contributed by atoms with E-state index >= 15 is 0 Å². The van der Waals surface area contributed by atoms with Crippen LogP contribution in [0.3, 0.4) is 0 Å². The highest BCUT2D eigenvalue weighted by atomic mass is 32.2. The molecule has 0 atom stereocenters.